The molecule has 0 atom stereocenters. The Labute approximate surface area is 157 Å². The highest BCUT2D eigenvalue weighted by atomic mass is 32.2. The average Bonchev–Trinajstić information content (AvgIpc) is 3.29. The number of nitrogens with one attached hydrogen (secondary N) is 1. The van der Waals surface area contributed by atoms with Crippen molar-refractivity contribution >= 4 is 50.2 Å². The number of aromatic nitrogens is 3. The van der Waals surface area contributed by atoms with E-state index in [0.717, 1.165) is 27.9 Å². The first-order valence-electron chi connectivity index (χ1n) is 8.24. The molecule has 4 rings (SSSR count). The fourth-order valence-electron chi connectivity index (χ4n) is 2.77. The first-order valence-corrected chi connectivity index (χ1v) is 10.0. The molecule has 0 aliphatic carbocycles. The number of thioether (sulfide) groups is 1. The Morgan fingerprint density at radius 2 is 2.15 bits per heavy atom. The zero-order valence-electron chi connectivity index (χ0n) is 13.8. The van der Waals surface area contributed by atoms with Gasteiger partial charge in [-0.1, -0.05) is 29.2 Å². The Morgan fingerprint density at radius 3 is 2.96 bits per heavy atom. The van der Waals surface area contributed by atoms with Crippen molar-refractivity contribution in [1.29, 1.82) is 0 Å². The summed E-state index contributed by atoms with van der Waals surface area (Å²) in [6.07, 6.45) is 3.84. The highest BCUT2D eigenvalue weighted by Gasteiger charge is 2.19. The number of halogens is 1. The van der Waals surface area contributed by atoms with Crippen LogP contribution in [-0.2, 0) is 4.79 Å². The number of rotatable bonds is 5. The van der Waals surface area contributed by atoms with Gasteiger partial charge in [-0.25, -0.2) is 14.4 Å². The molecule has 0 spiro atoms. The highest BCUT2D eigenvalue weighted by Crippen LogP contribution is 2.34. The molecule has 3 aromatic rings. The Balaban J connectivity index is 1.45. The maximum absolute atomic E-state index is 13.2. The fourth-order valence-corrected chi connectivity index (χ4v) is 4.71. The predicted molar refractivity (Wildman–Crippen MR) is 102 cm³/mol. The van der Waals surface area contributed by atoms with Crippen LogP contribution >= 0.6 is 23.1 Å². The van der Waals surface area contributed by atoms with E-state index in [1.54, 1.807) is 23.5 Å². The van der Waals surface area contributed by atoms with Crippen LogP contribution in [0.3, 0.4) is 0 Å². The van der Waals surface area contributed by atoms with Crippen LogP contribution in [0.25, 0.3) is 10.3 Å². The number of amides is 1. The van der Waals surface area contributed by atoms with Crippen LogP contribution in [-0.4, -0.2) is 39.7 Å². The number of hydrogen-bond acceptors (Lipinski definition) is 7. The minimum Gasteiger partial charge on any atom is -0.348 e. The van der Waals surface area contributed by atoms with Crippen molar-refractivity contribution < 1.29 is 9.18 Å². The molecule has 1 aliphatic rings. The van der Waals surface area contributed by atoms with Crippen LogP contribution < -0.4 is 10.2 Å². The molecule has 1 amide bonds. The van der Waals surface area contributed by atoms with Gasteiger partial charge in [-0.15, -0.1) is 0 Å². The molecule has 3 heterocycles. The number of carbonyl (C=O) groups is 1. The molecule has 1 aliphatic heterocycles. The molecule has 1 aromatic carbocycles. The molecule has 9 heteroatoms. The average molecular weight is 389 g/mol. The normalized spacial score (nSPS) is 14.1. The summed E-state index contributed by atoms with van der Waals surface area (Å²) in [5.41, 5.74) is 1.11. The summed E-state index contributed by atoms with van der Waals surface area (Å²) in [5.74, 6) is -0.414. The maximum Gasteiger partial charge on any atom is 0.234 e. The van der Waals surface area contributed by atoms with E-state index in [-0.39, 0.29) is 17.5 Å². The van der Waals surface area contributed by atoms with Gasteiger partial charge in [0.2, 0.25) is 5.91 Å². The van der Waals surface area contributed by atoms with E-state index in [1.165, 1.54) is 43.1 Å². The zero-order valence-corrected chi connectivity index (χ0v) is 15.4. The molecule has 1 fully saturated rings. The predicted octanol–water partition coefficient (Wildman–Crippen LogP) is 3.56. The minimum atomic E-state index is -0.382. The van der Waals surface area contributed by atoms with E-state index in [2.05, 4.69) is 25.2 Å². The van der Waals surface area contributed by atoms with E-state index >= 15 is 0 Å². The second-order valence-electron chi connectivity index (χ2n) is 5.87. The number of carbonyl (C=O) groups excluding carboxylic acids is 1. The van der Waals surface area contributed by atoms with Gasteiger partial charge < -0.3 is 10.2 Å². The quantitative estimate of drug-likeness (QED) is 0.531. The summed E-state index contributed by atoms with van der Waals surface area (Å²) in [5, 5.41) is 4.39. The molecule has 6 nitrogen and oxygen atoms in total. The largest absolute Gasteiger partial charge is 0.348 e. The molecule has 0 radical (unpaired) electrons. The van der Waals surface area contributed by atoms with Gasteiger partial charge in [-0.05, 0) is 31.0 Å². The van der Waals surface area contributed by atoms with E-state index in [0.29, 0.717) is 11.3 Å². The summed E-state index contributed by atoms with van der Waals surface area (Å²) in [6, 6.07) is 5.84. The lowest BCUT2D eigenvalue weighted by molar-refractivity contribution is -0.113. The molecule has 0 saturated carbocycles. The van der Waals surface area contributed by atoms with Gasteiger partial charge in [0.1, 0.15) is 21.9 Å². The lowest BCUT2D eigenvalue weighted by Gasteiger charge is -2.11. The molecular formula is C17H16FN5OS2. The highest BCUT2D eigenvalue weighted by molar-refractivity contribution is 8.00. The number of fused-ring (bicyclic) bond motifs is 1. The molecule has 134 valence electrons. The van der Waals surface area contributed by atoms with Crippen molar-refractivity contribution in [2.45, 2.75) is 17.9 Å². The third kappa shape index (κ3) is 3.78. The van der Waals surface area contributed by atoms with Gasteiger partial charge in [0.15, 0.2) is 10.8 Å². The SMILES string of the molecule is O=C(CSc1ncnc2nc(N3CCCC3)sc12)Nc1cccc(F)c1. The summed E-state index contributed by atoms with van der Waals surface area (Å²) < 4.78 is 14.1. The molecule has 26 heavy (non-hydrogen) atoms. The van der Waals surface area contributed by atoms with Gasteiger partial charge >= 0.3 is 0 Å². The Bertz CT molecular complexity index is 942. The second kappa shape index (κ2) is 7.55. The van der Waals surface area contributed by atoms with Crippen LogP contribution in [0.15, 0.2) is 35.6 Å². The van der Waals surface area contributed by atoms with Crippen molar-refractivity contribution in [3.8, 4) is 0 Å². The van der Waals surface area contributed by atoms with Gasteiger partial charge in [0.05, 0.1) is 5.75 Å². The first-order chi connectivity index (χ1) is 12.7. The topological polar surface area (TPSA) is 71.0 Å². The van der Waals surface area contributed by atoms with Gasteiger partial charge in [-0.2, -0.15) is 4.98 Å². The lowest BCUT2D eigenvalue weighted by atomic mass is 10.3. The number of thiazole rings is 1. The number of benzene rings is 1. The van der Waals surface area contributed by atoms with Gasteiger partial charge in [-0.3, -0.25) is 4.79 Å². The number of hydrogen-bond donors (Lipinski definition) is 1. The fraction of sp³-hybridized carbons (Fsp3) is 0.294. The molecule has 0 unspecified atom stereocenters. The summed E-state index contributed by atoms with van der Waals surface area (Å²) >= 11 is 2.90. The van der Waals surface area contributed by atoms with E-state index in [9.17, 15) is 9.18 Å². The zero-order chi connectivity index (χ0) is 17.9. The summed E-state index contributed by atoms with van der Waals surface area (Å²) in [7, 11) is 0. The van der Waals surface area contributed by atoms with Crippen molar-refractivity contribution in [3.05, 3.63) is 36.4 Å². The Morgan fingerprint density at radius 1 is 1.31 bits per heavy atom. The third-order valence-corrected chi connectivity index (χ3v) is 6.20. The van der Waals surface area contributed by atoms with Crippen LogP contribution in [0.2, 0.25) is 0 Å². The van der Waals surface area contributed by atoms with E-state index in [4.69, 9.17) is 0 Å². The molecule has 1 N–H and O–H groups in total. The van der Waals surface area contributed by atoms with Gasteiger partial charge in [0, 0.05) is 18.8 Å². The van der Waals surface area contributed by atoms with Crippen LogP contribution in [0.4, 0.5) is 15.2 Å². The van der Waals surface area contributed by atoms with Crippen molar-refractivity contribution in [1.82, 2.24) is 15.0 Å². The number of anilines is 2. The molecular weight excluding hydrogens is 373 g/mol. The summed E-state index contributed by atoms with van der Waals surface area (Å²) in [4.78, 5) is 27.5. The molecule has 0 bridgehead atoms. The number of nitrogens with zero attached hydrogens (tertiary/aromatic N) is 4. The maximum atomic E-state index is 13.2. The third-order valence-electron chi connectivity index (χ3n) is 3.97. The molecule has 1 saturated heterocycles. The Kier molecular flexibility index (Phi) is 4.98. The minimum absolute atomic E-state index is 0.180. The standard InChI is InChI=1S/C17H16FN5OS2/c18-11-4-3-5-12(8-11)21-13(24)9-25-16-14-15(19-10-20-16)22-17(26-14)23-6-1-2-7-23/h3-5,8,10H,1-2,6-7,9H2,(H,21,24). The van der Waals surface area contributed by atoms with Crippen molar-refractivity contribution in [2.75, 3.05) is 29.1 Å². The first kappa shape index (κ1) is 17.2. The second-order valence-corrected chi connectivity index (χ2v) is 7.81. The summed E-state index contributed by atoms with van der Waals surface area (Å²) in [6.45, 7) is 2.04. The Hall–Kier alpha value is -2.26. The van der Waals surface area contributed by atoms with Crippen molar-refractivity contribution in [2.24, 2.45) is 0 Å². The van der Waals surface area contributed by atoms with E-state index in [1.807, 2.05) is 0 Å². The van der Waals surface area contributed by atoms with E-state index < -0.39 is 0 Å². The molecule has 2 aromatic heterocycles. The lowest BCUT2D eigenvalue weighted by Crippen LogP contribution is -2.16. The van der Waals surface area contributed by atoms with Crippen LogP contribution in [0.1, 0.15) is 12.8 Å². The van der Waals surface area contributed by atoms with Crippen molar-refractivity contribution in [3.63, 3.8) is 0 Å². The van der Waals surface area contributed by atoms with Crippen LogP contribution in [0, 0.1) is 5.82 Å². The van der Waals surface area contributed by atoms with Gasteiger partial charge in [0.25, 0.3) is 0 Å². The smallest absolute Gasteiger partial charge is 0.234 e. The monoisotopic (exact) mass is 389 g/mol. The van der Waals surface area contributed by atoms with Crippen LogP contribution in [0.5, 0.6) is 0 Å².